The topological polar surface area (TPSA) is 94.6 Å². The van der Waals surface area contributed by atoms with Crippen molar-refractivity contribution >= 4 is 32.7 Å². The van der Waals surface area contributed by atoms with Gasteiger partial charge in [-0.25, -0.2) is 8.42 Å². The van der Waals surface area contributed by atoms with Crippen LogP contribution in [0.3, 0.4) is 0 Å². The summed E-state index contributed by atoms with van der Waals surface area (Å²) in [5.74, 6) is -1.06. The standard InChI is InChI=1S/C20H15NO5S.K/c1-12-5-7-13(8-6-12)11-21-19(22)16-4-2-3-14-9-15(27(24,25)26)10-17(18(14)16)20(21)23;/h2-10H,11H2,1H3,(H,24,25,26);/q;+1/p-1. The molecule has 0 N–H and O–H groups in total. The maximum absolute atomic E-state index is 13.0. The number of amides is 2. The van der Waals surface area contributed by atoms with E-state index in [1.165, 1.54) is 6.07 Å². The smallest absolute Gasteiger partial charge is 0.744 e. The third-order valence-electron chi connectivity index (χ3n) is 4.65. The van der Waals surface area contributed by atoms with Crippen LogP contribution in [0.15, 0.2) is 59.5 Å². The Bertz CT molecular complexity index is 1220. The Balaban J connectivity index is 0.00000225. The minimum atomic E-state index is -4.74. The van der Waals surface area contributed by atoms with E-state index >= 15 is 0 Å². The molecule has 0 spiro atoms. The van der Waals surface area contributed by atoms with Gasteiger partial charge in [-0.15, -0.1) is 0 Å². The summed E-state index contributed by atoms with van der Waals surface area (Å²) >= 11 is 0. The molecule has 4 rings (SSSR count). The van der Waals surface area contributed by atoms with E-state index in [1.807, 2.05) is 31.2 Å². The van der Waals surface area contributed by atoms with Crippen molar-refractivity contribution in [1.29, 1.82) is 0 Å². The van der Waals surface area contributed by atoms with Gasteiger partial charge in [0.15, 0.2) is 0 Å². The molecular formula is C20H14KNO5S. The fraction of sp³-hybridized carbons (Fsp3) is 0.100. The summed E-state index contributed by atoms with van der Waals surface area (Å²) in [6.07, 6.45) is 0. The SMILES string of the molecule is Cc1ccc(CN2C(=O)c3cccc4cc(S(=O)(=O)[O-])cc(c34)C2=O)cc1.[K+]. The van der Waals surface area contributed by atoms with E-state index in [0.29, 0.717) is 16.3 Å². The van der Waals surface area contributed by atoms with Crippen LogP contribution in [0.4, 0.5) is 0 Å². The maximum Gasteiger partial charge on any atom is 1.00 e. The van der Waals surface area contributed by atoms with E-state index in [4.69, 9.17) is 0 Å². The van der Waals surface area contributed by atoms with Crippen molar-refractivity contribution in [3.8, 4) is 0 Å². The maximum atomic E-state index is 13.0. The molecule has 3 aromatic carbocycles. The molecule has 0 fully saturated rings. The van der Waals surface area contributed by atoms with Gasteiger partial charge in [-0.1, -0.05) is 42.0 Å². The first-order valence-corrected chi connectivity index (χ1v) is 9.61. The Kier molecular flexibility index (Phi) is 5.93. The van der Waals surface area contributed by atoms with Crippen molar-refractivity contribution < 1.29 is 73.9 Å². The molecule has 0 atom stereocenters. The van der Waals surface area contributed by atoms with E-state index in [-0.39, 0.29) is 63.5 Å². The number of imide groups is 1. The Morgan fingerprint density at radius 3 is 2.21 bits per heavy atom. The van der Waals surface area contributed by atoms with Crippen LogP contribution in [0.5, 0.6) is 0 Å². The number of carbonyl (C=O) groups excluding carboxylic acids is 2. The summed E-state index contributed by atoms with van der Waals surface area (Å²) in [5, 5.41) is 0.746. The first-order chi connectivity index (χ1) is 12.8. The molecular weight excluding hydrogens is 405 g/mol. The fourth-order valence-corrected chi connectivity index (χ4v) is 3.83. The van der Waals surface area contributed by atoms with E-state index in [0.717, 1.165) is 22.1 Å². The summed E-state index contributed by atoms with van der Waals surface area (Å²) < 4.78 is 34.4. The Morgan fingerprint density at radius 1 is 0.929 bits per heavy atom. The summed E-state index contributed by atoms with van der Waals surface area (Å²) in [5.41, 5.74) is 2.18. The van der Waals surface area contributed by atoms with Gasteiger partial charge in [-0.3, -0.25) is 14.5 Å². The van der Waals surface area contributed by atoms with Gasteiger partial charge in [0.2, 0.25) is 0 Å². The van der Waals surface area contributed by atoms with E-state index in [2.05, 4.69) is 0 Å². The molecule has 0 aliphatic carbocycles. The molecule has 1 aliphatic heterocycles. The number of aryl methyl sites for hydroxylation is 1. The fourth-order valence-electron chi connectivity index (χ4n) is 3.29. The van der Waals surface area contributed by atoms with Crippen LogP contribution in [0.1, 0.15) is 31.8 Å². The van der Waals surface area contributed by atoms with Crippen LogP contribution in [-0.4, -0.2) is 29.7 Å². The van der Waals surface area contributed by atoms with Crippen LogP contribution < -0.4 is 51.4 Å². The number of hydrogen-bond donors (Lipinski definition) is 0. The van der Waals surface area contributed by atoms with Gasteiger partial charge in [0.25, 0.3) is 11.8 Å². The second kappa shape index (κ2) is 7.79. The van der Waals surface area contributed by atoms with E-state index < -0.39 is 26.8 Å². The van der Waals surface area contributed by atoms with Crippen molar-refractivity contribution in [1.82, 2.24) is 4.90 Å². The van der Waals surface area contributed by atoms with E-state index in [9.17, 15) is 22.6 Å². The average Bonchev–Trinajstić information content (AvgIpc) is 2.63. The normalized spacial score (nSPS) is 13.6. The minimum Gasteiger partial charge on any atom is -0.744 e. The molecule has 28 heavy (non-hydrogen) atoms. The molecule has 0 saturated carbocycles. The molecule has 136 valence electrons. The predicted molar refractivity (Wildman–Crippen MR) is 97.3 cm³/mol. The molecule has 3 aromatic rings. The molecule has 2 amide bonds. The van der Waals surface area contributed by atoms with Gasteiger partial charge in [0, 0.05) is 16.5 Å². The first kappa shape index (κ1) is 21.3. The molecule has 0 unspecified atom stereocenters. The molecule has 8 heteroatoms. The quantitative estimate of drug-likeness (QED) is 0.334. The average molecular weight is 419 g/mol. The summed E-state index contributed by atoms with van der Waals surface area (Å²) in [4.78, 5) is 26.5. The van der Waals surface area contributed by atoms with Crippen LogP contribution in [-0.2, 0) is 16.7 Å². The third-order valence-corrected chi connectivity index (χ3v) is 5.46. The monoisotopic (exact) mass is 419 g/mol. The zero-order valence-corrected chi connectivity index (χ0v) is 19.2. The van der Waals surface area contributed by atoms with Crippen LogP contribution in [0, 0.1) is 6.92 Å². The minimum absolute atomic E-state index is 0. The summed E-state index contributed by atoms with van der Waals surface area (Å²) in [7, 11) is -4.74. The Hall–Kier alpha value is -1.39. The largest absolute Gasteiger partial charge is 1.00 e. The van der Waals surface area contributed by atoms with Crippen LogP contribution >= 0.6 is 0 Å². The molecule has 0 bridgehead atoms. The predicted octanol–water partition coefficient (Wildman–Crippen LogP) is -0.147. The van der Waals surface area contributed by atoms with E-state index in [1.54, 1.807) is 18.2 Å². The zero-order chi connectivity index (χ0) is 19.3. The van der Waals surface area contributed by atoms with Crippen molar-refractivity contribution in [3.05, 3.63) is 76.9 Å². The molecule has 6 nitrogen and oxygen atoms in total. The Morgan fingerprint density at radius 2 is 1.57 bits per heavy atom. The molecule has 1 heterocycles. The number of rotatable bonds is 3. The number of carbonyl (C=O) groups is 2. The van der Waals surface area contributed by atoms with Gasteiger partial charge in [0.1, 0.15) is 10.1 Å². The molecule has 0 radical (unpaired) electrons. The van der Waals surface area contributed by atoms with Gasteiger partial charge in [0.05, 0.1) is 11.4 Å². The van der Waals surface area contributed by atoms with Crippen molar-refractivity contribution in [3.63, 3.8) is 0 Å². The van der Waals surface area contributed by atoms with Crippen molar-refractivity contribution in [2.75, 3.05) is 0 Å². The molecule has 1 aliphatic rings. The summed E-state index contributed by atoms with van der Waals surface area (Å²) in [6, 6.07) is 14.4. The zero-order valence-electron chi connectivity index (χ0n) is 15.3. The molecule has 0 saturated heterocycles. The summed E-state index contributed by atoms with van der Waals surface area (Å²) in [6.45, 7) is 1.99. The number of nitrogens with zero attached hydrogens (tertiary/aromatic N) is 1. The van der Waals surface area contributed by atoms with Crippen molar-refractivity contribution in [2.45, 2.75) is 18.4 Å². The third kappa shape index (κ3) is 3.73. The van der Waals surface area contributed by atoms with Gasteiger partial charge in [-0.05, 0) is 36.1 Å². The second-order valence-corrected chi connectivity index (χ2v) is 7.89. The van der Waals surface area contributed by atoms with Crippen LogP contribution in [0.25, 0.3) is 10.8 Å². The second-order valence-electron chi connectivity index (χ2n) is 6.51. The number of hydrogen-bond acceptors (Lipinski definition) is 5. The number of benzene rings is 3. The molecule has 0 aromatic heterocycles. The van der Waals surface area contributed by atoms with Gasteiger partial charge in [-0.2, -0.15) is 0 Å². The first-order valence-electron chi connectivity index (χ1n) is 8.20. The van der Waals surface area contributed by atoms with Gasteiger partial charge >= 0.3 is 51.4 Å². The Labute approximate surface area is 204 Å². The van der Waals surface area contributed by atoms with Crippen molar-refractivity contribution in [2.24, 2.45) is 0 Å². The van der Waals surface area contributed by atoms with Crippen LogP contribution in [0.2, 0.25) is 0 Å². The van der Waals surface area contributed by atoms with Gasteiger partial charge < -0.3 is 4.55 Å².